The first-order chi connectivity index (χ1) is 10.6. The summed E-state index contributed by atoms with van der Waals surface area (Å²) in [6.45, 7) is 0.758. The molecule has 1 saturated carbocycles. The molecular formula is C17H22FNO3. The Kier molecular flexibility index (Phi) is 4.34. The third-order valence-electron chi connectivity index (χ3n) is 4.47. The van der Waals surface area contributed by atoms with Crippen LogP contribution in [0.5, 0.6) is 5.75 Å². The second-order valence-corrected chi connectivity index (χ2v) is 6.34. The van der Waals surface area contributed by atoms with Gasteiger partial charge >= 0.3 is 5.97 Å². The van der Waals surface area contributed by atoms with Crippen LogP contribution in [0, 0.1) is 5.92 Å². The summed E-state index contributed by atoms with van der Waals surface area (Å²) in [5.74, 6) is 1.18. The summed E-state index contributed by atoms with van der Waals surface area (Å²) in [7, 11) is 1.42. The van der Waals surface area contributed by atoms with E-state index in [1.807, 2.05) is 24.3 Å². The molecule has 22 heavy (non-hydrogen) atoms. The number of esters is 1. The van der Waals surface area contributed by atoms with Gasteiger partial charge in [-0.25, -0.2) is 4.39 Å². The maximum atomic E-state index is 14.0. The van der Waals surface area contributed by atoms with Gasteiger partial charge < -0.3 is 14.8 Å². The molecule has 3 rings (SSSR count). The lowest BCUT2D eigenvalue weighted by molar-refractivity contribution is -0.141. The minimum Gasteiger partial charge on any atom is -0.490 e. The average Bonchev–Trinajstić information content (AvgIpc) is 3.33. The Balaban J connectivity index is 1.67. The lowest BCUT2D eigenvalue weighted by Gasteiger charge is -2.34. The Morgan fingerprint density at radius 1 is 1.45 bits per heavy atom. The molecule has 2 fully saturated rings. The number of ether oxygens (including phenoxy) is 2. The predicted octanol–water partition coefficient (Wildman–Crippen LogP) is 2.43. The van der Waals surface area contributed by atoms with Crippen molar-refractivity contribution in [2.75, 3.05) is 26.8 Å². The van der Waals surface area contributed by atoms with E-state index < -0.39 is 5.67 Å². The maximum Gasteiger partial charge on any atom is 0.306 e. The predicted molar refractivity (Wildman–Crippen MR) is 80.7 cm³/mol. The van der Waals surface area contributed by atoms with Gasteiger partial charge in [0.05, 0.1) is 13.5 Å². The van der Waals surface area contributed by atoms with Crippen molar-refractivity contribution in [1.82, 2.24) is 5.32 Å². The Hall–Kier alpha value is -1.62. The maximum absolute atomic E-state index is 14.0. The molecule has 5 heteroatoms. The Morgan fingerprint density at radius 2 is 2.23 bits per heavy atom. The van der Waals surface area contributed by atoms with E-state index in [2.05, 4.69) is 5.32 Å². The van der Waals surface area contributed by atoms with Crippen molar-refractivity contribution in [2.24, 2.45) is 5.92 Å². The number of hydrogen-bond donors (Lipinski definition) is 1. The van der Waals surface area contributed by atoms with Crippen molar-refractivity contribution in [3.8, 4) is 5.75 Å². The van der Waals surface area contributed by atoms with Crippen LogP contribution < -0.4 is 10.1 Å². The van der Waals surface area contributed by atoms with Crippen LogP contribution in [-0.4, -0.2) is 38.4 Å². The van der Waals surface area contributed by atoms with Gasteiger partial charge in [0.1, 0.15) is 12.4 Å². The van der Waals surface area contributed by atoms with E-state index in [1.165, 1.54) is 7.11 Å². The molecule has 1 saturated heterocycles. The molecule has 1 N–H and O–H groups in total. The number of hydrogen-bond acceptors (Lipinski definition) is 4. The van der Waals surface area contributed by atoms with Gasteiger partial charge in [-0.3, -0.25) is 4.79 Å². The number of halogens is 1. The number of rotatable bonds is 7. The van der Waals surface area contributed by atoms with Crippen LogP contribution in [0.25, 0.3) is 0 Å². The fraction of sp³-hybridized carbons (Fsp3) is 0.588. The summed E-state index contributed by atoms with van der Waals surface area (Å²) >= 11 is 0. The highest BCUT2D eigenvalue weighted by Gasteiger charge is 2.38. The minimum absolute atomic E-state index is 0.0640. The van der Waals surface area contributed by atoms with Gasteiger partial charge in [-0.15, -0.1) is 0 Å². The van der Waals surface area contributed by atoms with Crippen molar-refractivity contribution in [2.45, 2.75) is 30.8 Å². The van der Waals surface area contributed by atoms with Crippen LogP contribution in [0.15, 0.2) is 24.3 Å². The van der Waals surface area contributed by atoms with Crippen LogP contribution in [0.2, 0.25) is 0 Å². The summed E-state index contributed by atoms with van der Waals surface area (Å²) in [4.78, 5) is 11.6. The molecule has 0 radical (unpaired) electrons. The smallest absolute Gasteiger partial charge is 0.306 e. The molecular weight excluding hydrogens is 285 g/mol. The van der Waals surface area contributed by atoms with E-state index in [0.29, 0.717) is 31.2 Å². The van der Waals surface area contributed by atoms with Crippen molar-refractivity contribution < 1.29 is 18.7 Å². The standard InChI is InChI=1S/C17H22FNO3/c1-21-16(20)8-15(12-5-6-12)13-3-2-4-14(7-13)22-11-17(18)9-19-10-17/h2-4,7,12,15,19H,5-6,8-11H2,1H3/t15-/m0/s1. The molecule has 1 aliphatic carbocycles. The summed E-state index contributed by atoms with van der Waals surface area (Å²) < 4.78 is 24.4. The lowest BCUT2D eigenvalue weighted by Crippen LogP contribution is -2.59. The molecule has 0 bridgehead atoms. The first kappa shape index (κ1) is 15.3. The summed E-state index contributed by atoms with van der Waals surface area (Å²) in [5, 5.41) is 2.91. The Bertz CT molecular complexity index is 540. The molecule has 4 nitrogen and oxygen atoms in total. The van der Waals surface area contributed by atoms with Gasteiger partial charge in [0, 0.05) is 13.1 Å². The molecule has 1 atom stereocenters. The first-order valence-corrected chi connectivity index (χ1v) is 7.79. The van der Waals surface area contributed by atoms with Crippen LogP contribution in [0.3, 0.4) is 0 Å². The summed E-state index contributed by atoms with van der Waals surface area (Å²) in [6.07, 6.45) is 2.68. The third-order valence-corrected chi connectivity index (χ3v) is 4.47. The van der Waals surface area contributed by atoms with E-state index in [1.54, 1.807) is 0 Å². The van der Waals surface area contributed by atoms with Crippen molar-refractivity contribution >= 4 is 5.97 Å². The second-order valence-electron chi connectivity index (χ2n) is 6.34. The number of carbonyl (C=O) groups is 1. The molecule has 0 amide bonds. The zero-order valence-electron chi connectivity index (χ0n) is 12.8. The zero-order chi connectivity index (χ0) is 15.6. The highest BCUT2D eigenvalue weighted by molar-refractivity contribution is 5.70. The molecule has 0 aromatic heterocycles. The highest BCUT2D eigenvalue weighted by Crippen LogP contribution is 2.45. The van der Waals surface area contributed by atoms with E-state index in [-0.39, 0.29) is 18.5 Å². The molecule has 120 valence electrons. The van der Waals surface area contributed by atoms with Crippen molar-refractivity contribution in [3.05, 3.63) is 29.8 Å². The van der Waals surface area contributed by atoms with Gasteiger partial charge in [-0.05, 0) is 42.4 Å². The minimum atomic E-state index is -1.25. The summed E-state index contributed by atoms with van der Waals surface area (Å²) in [6, 6.07) is 7.68. The van der Waals surface area contributed by atoms with E-state index in [0.717, 1.165) is 18.4 Å². The fourth-order valence-corrected chi connectivity index (χ4v) is 2.86. The molecule has 1 aromatic carbocycles. The van der Waals surface area contributed by atoms with Crippen LogP contribution >= 0.6 is 0 Å². The largest absolute Gasteiger partial charge is 0.490 e. The number of carbonyl (C=O) groups excluding carboxylic acids is 1. The van der Waals surface area contributed by atoms with Crippen molar-refractivity contribution in [1.29, 1.82) is 0 Å². The van der Waals surface area contributed by atoms with E-state index >= 15 is 0 Å². The van der Waals surface area contributed by atoms with Crippen LogP contribution in [-0.2, 0) is 9.53 Å². The summed E-state index contributed by atoms with van der Waals surface area (Å²) in [5.41, 5.74) is -0.178. The van der Waals surface area contributed by atoms with Gasteiger partial charge in [-0.1, -0.05) is 12.1 Å². The fourth-order valence-electron chi connectivity index (χ4n) is 2.86. The third kappa shape index (κ3) is 3.58. The van der Waals surface area contributed by atoms with Crippen LogP contribution in [0.1, 0.15) is 30.7 Å². The first-order valence-electron chi connectivity index (χ1n) is 7.79. The molecule has 2 aliphatic rings. The Labute approximate surface area is 130 Å². The monoisotopic (exact) mass is 307 g/mol. The molecule has 0 spiro atoms. The van der Waals surface area contributed by atoms with Gasteiger partial charge in [0.25, 0.3) is 0 Å². The Morgan fingerprint density at radius 3 is 2.82 bits per heavy atom. The van der Waals surface area contributed by atoms with Gasteiger partial charge in [0.15, 0.2) is 5.67 Å². The van der Waals surface area contributed by atoms with E-state index in [9.17, 15) is 9.18 Å². The number of nitrogens with one attached hydrogen (secondary N) is 1. The average molecular weight is 307 g/mol. The molecule has 1 aromatic rings. The number of benzene rings is 1. The van der Waals surface area contributed by atoms with E-state index in [4.69, 9.17) is 9.47 Å². The van der Waals surface area contributed by atoms with Gasteiger partial charge in [-0.2, -0.15) is 0 Å². The molecule has 1 aliphatic heterocycles. The normalized spacial score (nSPS) is 20.8. The highest BCUT2D eigenvalue weighted by atomic mass is 19.1. The quantitative estimate of drug-likeness (QED) is 0.786. The van der Waals surface area contributed by atoms with Crippen LogP contribution in [0.4, 0.5) is 4.39 Å². The molecule has 0 unspecified atom stereocenters. The zero-order valence-corrected chi connectivity index (χ0v) is 12.8. The SMILES string of the molecule is COC(=O)C[C@H](c1cccc(OCC2(F)CNC2)c1)C1CC1. The lowest BCUT2D eigenvalue weighted by atomic mass is 9.91. The number of methoxy groups -OCH3 is 1. The number of alkyl halides is 1. The second kappa shape index (κ2) is 6.24. The molecule has 1 heterocycles. The topological polar surface area (TPSA) is 47.6 Å². The van der Waals surface area contributed by atoms with Gasteiger partial charge in [0.2, 0.25) is 0 Å². The van der Waals surface area contributed by atoms with Crippen molar-refractivity contribution in [3.63, 3.8) is 0 Å².